The highest BCUT2D eigenvalue weighted by Gasteiger charge is 2.24. The summed E-state index contributed by atoms with van der Waals surface area (Å²) in [7, 11) is -3.92. The number of benzene rings is 1. The van der Waals surface area contributed by atoms with Crippen LogP contribution >= 0.6 is 23.2 Å². The number of nitrogens with one attached hydrogen (secondary N) is 1. The van der Waals surface area contributed by atoms with Gasteiger partial charge in [-0.2, -0.15) is 0 Å². The first-order valence-corrected chi connectivity index (χ1v) is 7.65. The summed E-state index contributed by atoms with van der Waals surface area (Å²) in [5, 5.41) is 8.44. The summed E-state index contributed by atoms with van der Waals surface area (Å²) in [6, 6.07) is 2.34. The van der Waals surface area contributed by atoms with E-state index in [4.69, 9.17) is 28.3 Å². The number of hydrogen-bond acceptors (Lipinski definition) is 3. The maximum Gasteiger partial charge on any atom is 0.338 e. The van der Waals surface area contributed by atoms with Crippen molar-refractivity contribution in [2.45, 2.75) is 18.2 Å². The van der Waals surface area contributed by atoms with Crippen LogP contribution in [0, 0.1) is 11.8 Å². The smallest absolute Gasteiger partial charge is 0.338 e. The Balaban J connectivity index is 3.15. The van der Waals surface area contributed by atoms with E-state index in [1.807, 2.05) is 0 Å². The average molecular weight is 336 g/mol. The van der Waals surface area contributed by atoms with Gasteiger partial charge in [-0.15, -0.1) is 11.8 Å². The zero-order chi connectivity index (χ0) is 15.3. The molecule has 0 fully saturated rings. The van der Waals surface area contributed by atoms with E-state index in [0.717, 1.165) is 6.07 Å². The standard InChI is InChI=1S/C12H11Cl2NO4S/c1-2-3-4-7-15-20(18,19)9-6-5-8(13)10(11(9)14)12(16)17/h5-6,15H,4,7H2,1H3,(H,16,17). The second-order valence-electron chi connectivity index (χ2n) is 3.61. The van der Waals surface area contributed by atoms with E-state index in [-0.39, 0.29) is 16.5 Å². The molecule has 2 N–H and O–H groups in total. The Morgan fingerprint density at radius 2 is 2.05 bits per heavy atom. The summed E-state index contributed by atoms with van der Waals surface area (Å²) in [6.07, 6.45) is 0.340. The van der Waals surface area contributed by atoms with Gasteiger partial charge in [-0.05, 0) is 19.1 Å². The molecule has 0 aliphatic carbocycles. The number of halogens is 2. The lowest BCUT2D eigenvalue weighted by Crippen LogP contribution is -2.25. The van der Waals surface area contributed by atoms with E-state index >= 15 is 0 Å². The van der Waals surface area contributed by atoms with Crippen molar-refractivity contribution in [3.8, 4) is 11.8 Å². The third kappa shape index (κ3) is 3.87. The number of carboxylic acids is 1. The highest BCUT2D eigenvalue weighted by Crippen LogP contribution is 2.30. The largest absolute Gasteiger partial charge is 0.478 e. The van der Waals surface area contributed by atoms with Gasteiger partial charge in [0, 0.05) is 13.0 Å². The van der Waals surface area contributed by atoms with Crippen LogP contribution in [0.3, 0.4) is 0 Å². The fourth-order valence-electron chi connectivity index (χ4n) is 1.39. The van der Waals surface area contributed by atoms with Crippen molar-refractivity contribution in [2.24, 2.45) is 0 Å². The Bertz CT molecular complexity index is 689. The van der Waals surface area contributed by atoms with Crippen LogP contribution in [0.25, 0.3) is 0 Å². The third-order valence-corrected chi connectivity index (χ3v) is 4.60. The van der Waals surface area contributed by atoms with Crippen LogP contribution in [-0.2, 0) is 10.0 Å². The molecular formula is C12H11Cl2NO4S. The fourth-order valence-corrected chi connectivity index (χ4v) is 3.34. The minimum atomic E-state index is -3.92. The van der Waals surface area contributed by atoms with Gasteiger partial charge in [0.15, 0.2) is 0 Å². The molecule has 108 valence electrons. The molecule has 0 saturated heterocycles. The van der Waals surface area contributed by atoms with Gasteiger partial charge in [0.05, 0.1) is 15.6 Å². The third-order valence-electron chi connectivity index (χ3n) is 2.28. The first-order valence-electron chi connectivity index (χ1n) is 5.42. The Hall–Kier alpha value is -1.26. The maximum atomic E-state index is 12.0. The van der Waals surface area contributed by atoms with Crippen molar-refractivity contribution in [3.63, 3.8) is 0 Å². The molecule has 0 spiro atoms. The molecular weight excluding hydrogens is 325 g/mol. The highest BCUT2D eigenvalue weighted by molar-refractivity contribution is 7.89. The van der Waals surface area contributed by atoms with Crippen molar-refractivity contribution in [1.29, 1.82) is 0 Å². The fraction of sp³-hybridized carbons (Fsp3) is 0.250. The predicted molar refractivity (Wildman–Crippen MR) is 76.7 cm³/mol. The topological polar surface area (TPSA) is 83.5 Å². The quantitative estimate of drug-likeness (QED) is 0.639. The molecule has 0 aliphatic heterocycles. The minimum Gasteiger partial charge on any atom is -0.478 e. The SMILES string of the molecule is CC#CCCNS(=O)(=O)c1ccc(Cl)c(C(=O)O)c1Cl. The first kappa shape index (κ1) is 16.8. The van der Waals surface area contributed by atoms with Crippen LogP contribution < -0.4 is 4.72 Å². The zero-order valence-corrected chi connectivity index (χ0v) is 12.7. The molecule has 8 heteroatoms. The molecule has 0 unspecified atom stereocenters. The molecule has 20 heavy (non-hydrogen) atoms. The lowest BCUT2D eigenvalue weighted by Gasteiger charge is -2.10. The molecule has 0 amide bonds. The van der Waals surface area contributed by atoms with Gasteiger partial charge in [0.25, 0.3) is 0 Å². The molecule has 1 rings (SSSR count). The molecule has 0 aromatic heterocycles. The molecule has 0 heterocycles. The maximum absolute atomic E-state index is 12.0. The van der Waals surface area contributed by atoms with E-state index in [1.165, 1.54) is 6.07 Å². The molecule has 0 atom stereocenters. The summed E-state index contributed by atoms with van der Waals surface area (Å²) in [6.45, 7) is 1.74. The van der Waals surface area contributed by atoms with Crippen molar-refractivity contribution in [1.82, 2.24) is 4.72 Å². The van der Waals surface area contributed by atoms with Gasteiger partial charge in [-0.1, -0.05) is 23.2 Å². The second kappa shape index (κ2) is 6.95. The van der Waals surface area contributed by atoms with Crippen LogP contribution in [0.1, 0.15) is 23.7 Å². The summed E-state index contributed by atoms with van der Waals surface area (Å²) in [4.78, 5) is 10.7. The molecule has 1 aromatic carbocycles. The lowest BCUT2D eigenvalue weighted by atomic mass is 10.2. The molecule has 0 radical (unpaired) electrons. The molecule has 0 bridgehead atoms. The van der Waals surface area contributed by atoms with Crippen molar-refractivity contribution >= 4 is 39.2 Å². The van der Waals surface area contributed by atoms with Gasteiger partial charge < -0.3 is 5.11 Å². The van der Waals surface area contributed by atoms with Crippen LogP contribution in [0.4, 0.5) is 0 Å². The van der Waals surface area contributed by atoms with E-state index in [0.29, 0.717) is 6.42 Å². The van der Waals surface area contributed by atoms with Gasteiger partial charge in [0.1, 0.15) is 4.90 Å². The molecule has 1 aromatic rings. The minimum absolute atomic E-state index is 0.102. The van der Waals surface area contributed by atoms with Crippen LogP contribution in [0.15, 0.2) is 17.0 Å². The predicted octanol–water partition coefficient (Wildman–Crippen LogP) is 2.38. The number of sulfonamides is 1. The van der Waals surface area contributed by atoms with E-state index in [1.54, 1.807) is 6.92 Å². The van der Waals surface area contributed by atoms with Crippen molar-refractivity contribution < 1.29 is 18.3 Å². The number of aromatic carboxylic acids is 1. The van der Waals surface area contributed by atoms with Crippen LogP contribution in [0.2, 0.25) is 10.0 Å². The Labute approximate surface area is 126 Å². The van der Waals surface area contributed by atoms with Crippen molar-refractivity contribution in [3.05, 3.63) is 27.7 Å². The van der Waals surface area contributed by atoms with Gasteiger partial charge >= 0.3 is 5.97 Å². The van der Waals surface area contributed by atoms with Crippen LogP contribution in [0.5, 0.6) is 0 Å². The number of hydrogen-bond donors (Lipinski definition) is 2. The molecule has 0 aliphatic rings. The highest BCUT2D eigenvalue weighted by atomic mass is 35.5. The number of carbonyl (C=O) groups is 1. The number of rotatable bonds is 5. The molecule has 5 nitrogen and oxygen atoms in total. The Kier molecular flexibility index (Phi) is 5.84. The summed E-state index contributed by atoms with van der Waals surface area (Å²) in [5.41, 5.74) is -0.440. The summed E-state index contributed by atoms with van der Waals surface area (Å²) >= 11 is 11.5. The van der Waals surface area contributed by atoms with Gasteiger partial charge in [-0.25, -0.2) is 17.9 Å². The monoisotopic (exact) mass is 335 g/mol. The normalized spacial score (nSPS) is 10.8. The molecule has 0 saturated carbocycles. The zero-order valence-electron chi connectivity index (χ0n) is 10.4. The van der Waals surface area contributed by atoms with E-state index in [2.05, 4.69) is 16.6 Å². The van der Waals surface area contributed by atoms with Crippen molar-refractivity contribution in [2.75, 3.05) is 6.54 Å². The van der Waals surface area contributed by atoms with Gasteiger partial charge in [-0.3, -0.25) is 0 Å². The lowest BCUT2D eigenvalue weighted by molar-refractivity contribution is 0.0697. The summed E-state index contributed by atoms with van der Waals surface area (Å²) in [5.74, 6) is 3.94. The second-order valence-corrected chi connectivity index (χ2v) is 6.13. The number of carboxylic acid groups (broad SMARTS) is 1. The van der Waals surface area contributed by atoms with E-state index < -0.39 is 26.6 Å². The average Bonchev–Trinajstić information content (AvgIpc) is 2.34. The van der Waals surface area contributed by atoms with E-state index in [9.17, 15) is 13.2 Å². The van der Waals surface area contributed by atoms with Crippen LogP contribution in [-0.4, -0.2) is 26.0 Å². The Morgan fingerprint density at radius 3 is 2.60 bits per heavy atom. The van der Waals surface area contributed by atoms with Gasteiger partial charge in [0.2, 0.25) is 10.0 Å². The first-order chi connectivity index (χ1) is 9.31. The Morgan fingerprint density at radius 1 is 1.40 bits per heavy atom. The summed E-state index contributed by atoms with van der Waals surface area (Å²) < 4.78 is 26.3.